The molecule has 0 amide bonds. The van der Waals surface area contributed by atoms with Gasteiger partial charge in [-0.05, 0) is 48.3 Å². The average Bonchev–Trinajstić information content (AvgIpc) is 2.54. The van der Waals surface area contributed by atoms with Gasteiger partial charge < -0.3 is 0 Å². The van der Waals surface area contributed by atoms with Crippen molar-refractivity contribution < 1.29 is 0 Å². The van der Waals surface area contributed by atoms with E-state index in [4.69, 9.17) is 0 Å². The molecule has 0 unspecified atom stereocenters. The van der Waals surface area contributed by atoms with Crippen molar-refractivity contribution in [3.63, 3.8) is 0 Å². The van der Waals surface area contributed by atoms with Gasteiger partial charge in [-0.2, -0.15) is 0 Å². The Kier molecular flexibility index (Phi) is 2.73. The largest absolute Gasteiger partial charge is 0.263 e. The van der Waals surface area contributed by atoms with Crippen LogP contribution in [0.5, 0.6) is 0 Å². The summed E-state index contributed by atoms with van der Waals surface area (Å²) in [6, 6.07) is 10.6. The number of aromatic nitrogens is 2. The average molecular weight is 260 g/mol. The highest BCUT2D eigenvalue weighted by Gasteiger charge is 2.16. The molecule has 0 saturated heterocycles. The van der Waals surface area contributed by atoms with Crippen LogP contribution in [0.15, 0.2) is 48.9 Å². The molecule has 0 radical (unpaired) electrons. The van der Waals surface area contributed by atoms with Crippen LogP contribution in [0.3, 0.4) is 0 Å². The summed E-state index contributed by atoms with van der Waals surface area (Å²) in [5.74, 6) is 0. The molecule has 0 aliphatic heterocycles. The van der Waals surface area contributed by atoms with E-state index in [1.54, 1.807) is 0 Å². The summed E-state index contributed by atoms with van der Waals surface area (Å²) in [7, 11) is 0. The fraction of sp³-hybridized carbons (Fsp3) is 0.222. The SMILES string of the molecule is c1ccc2c(-c3ccnc4c3CCCC4)cncc2c1. The van der Waals surface area contributed by atoms with Crippen LogP contribution in [0.1, 0.15) is 24.1 Å². The Morgan fingerprint density at radius 2 is 1.75 bits per heavy atom. The fourth-order valence-electron chi connectivity index (χ4n) is 3.21. The molecule has 20 heavy (non-hydrogen) atoms. The molecule has 3 aromatic rings. The minimum atomic E-state index is 1.11. The predicted molar refractivity (Wildman–Crippen MR) is 81.6 cm³/mol. The lowest BCUT2D eigenvalue weighted by molar-refractivity contribution is 0.669. The first kappa shape index (κ1) is 11.6. The highest BCUT2D eigenvalue weighted by atomic mass is 14.7. The second kappa shape index (κ2) is 4.71. The summed E-state index contributed by atoms with van der Waals surface area (Å²) in [6.07, 6.45) is 10.7. The van der Waals surface area contributed by atoms with E-state index in [9.17, 15) is 0 Å². The molecule has 1 aromatic carbocycles. The van der Waals surface area contributed by atoms with Crippen molar-refractivity contribution in [2.24, 2.45) is 0 Å². The Labute approximate surface area is 118 Å². The van der Waals surface area contributed by atoms with E-state index >= 15 is 0 Å². The molecule has 2 heteroatoms. The van der Waals surface area contributed by atoms with Gasteiger partial charge in [0.05, 0.1) is 0 Å². The van der Waals surface area contributed by atoms with Gasteiger partial charge in [0, 0.05) is 35.2 Å². The van der Waals surface area contributed by atoms with Crippen molar-refractivity contribution in [1.29, 1.82) is 0 Å². The van der Waals surface area contributed by atoms with E-state index < -0.39 is 0 Å². The Bertz CT molecular complexity index is 772. The molecule has 0 bridgehead atoms. The number of rotatable bonds is 1. The third kappa shape index (κ3) is 1.80. The molecule has 0 N–H and O–H groups in total. The van der Waals surface area contributed by atoms with Crippen LogP contribution in [0.2, 0.25) is 0 Å². The van der Waals surface area contributed by atoms with E-state index in [0.717, 1.165) is 12.8 Å². The van der Waals surface area contributed by atoms with Gasteiger partial charge in [0.2, 0.25) is 0 Å². The number of pyridine rings is 2. The lowest BCUT2D eigenvalue weighted by atomic mass is 9.88. The summed E-state index contributed by atoms with van der Waals surface area (Å²) < 4.78 is 0. The van der Waals surface area contributed by atoms with Crippen LogP contribution >= 0.6 is 0 Å². The second-order valence-corrected chi connectivity index (χ2v) is 5.40. The van der Waals surface area contributed by atoms with Crippen molar-refractivity contribution in [3.05, 3.63) is 60.2 Å². The Morgan fingerprint density at radius 1 is 0.850 bits per heavy atom. The molecule has 2 heterocycles. The zero-order valence-electron chi connectivity index (χ0n) is 11.3. The summed E-state index contributed by atoms with van der Waals surface area (Å²) in [5.41, 5.74) is 5.27. The topological polar surface area (TPSA) is 25.8 Å². The Morgan fingerprint density at radius 3 is 2.75 bits per heavy atom. The molecular formula is C18H16N2. The van der Waals surface area contributed by atoms with Crippen LogP contribution in [-0.4, -0.2) is 9.97 Å². The first-order valence-electron chi connectivity index (χ1n) is 7.23. The zero-order chi connectivity index (χ0) is 13.4. The van der Waals surface area contributed by atoms with Crippen molar-refractivity contribution >= 4 is 10.8 Å². The van der Waals surface area contributed by atoms with Gasteiger partial charge in [-0.15, -0.1) is 0 Å². The normalized spacial score (nSPS) is 14.2. The fourth-order valence-corrected chi connectivity index (χ4v) is 3.21. The van der Waals surface area contributed by atoms with Gasteiger partial charge in [0.1, 0.15) is 0 Å². The first-order chi connectivity index (χ1) is 9.93. The maximum absolute atomic E-state index is 4.57. The zero-order valence-corrected chi connectivity index (χ0v) is 11.3. The predicted octanol–water partition coefficient (Wildman–Crippen LogP) is 4.18. The summed E-state index contributed by atoms with van der Waals surface area (Å²) >= 11 is 0. The molecule has 1 aliphatic carbocycles. The molecule has 0 atom stereocenters. The Balaban J connectivity index is 2.00. The molecule has 2 aromatic heterocycles. The van der Waals surface area contributed by atoms with Crippen LogP contribution in [0, 0.1) is 0 Å². The van der Waals surface area contributed by atoms with Gasteiger partial charge in [-0.25, -0.2) is 0 Å². The van der Waals surface area contributed by atoms with Crippen molar-refractivity contribution in [2.45, 2.75) is 25.7 Å². The minimum absolute atomic E-state index is 1.11. The van der Waals surface area contributed by atoms with E-state index in [2.05, 4.69) is 40.3 Å². The number of aryl methyl sites for hydroxylation is 1. The van der Waals surface area contributed by atoms with Crippen molar-refractivity contribution in [3.8, 4) is 11.1 Å². The monoisotopic (exact) mass is 260 g/mol. The van der Waals surface area contributed by atoms with Crippen LogP contribution < -0.4 is 0 Å². The van der Waals surface area contributed by atoms with Crippen molar-refractivity contribution in [2.75, 3.05) is 0 Å². The third-order valence-electron chi connectivity index (χ3n) is 4.19. The van der Waals surface area contributed by atoms with Gasteiger partial charge in [-0.1, -0.05) is 24.3 Å². The molecule has 4 rings (SSSR count). The summed E-state index contributed by atoms with van der Waals surface area (Å²) in [4.78, 5) is 8.98. The molecule has 2 nitrogen and oxygen atoms in total. The standard InChI is InChI=1S/C18H16N2/c1-2-6-14-13(5-1)11-19-12-17(14)15-9-10-20-18-8-4-3-7-16(15)18/h1-2,5-6,9-12H,3-4,7-8H2. The number of nitrogens with zero attached hydrogens (tertiary/aromatic N) is 2. The van der Waals surface area contributed by atoms with E-state index in [1.807, 2.05) is 18.6 Å². The van der Waals surface area contributed by atoms with Crippen LogP contribution in [0.25, 0.3) is 21.9 Å². The number of hydrogen-bond donors (Lipinski definition) is 0. The van der Waals surface area contributed by atoms with E-state index in [-0.39, 0.29) is 0 Å². The highest BCUT2D eigenvalue weighted by Crippen LogP contribution is 2.33. The Hall–Kier alpha value is -2.22. The molecule has 0 fully saturated rings. The van der Waals surface area contributed by atoms with Gasteiger partial charge in [-0.3, -0.25) is 9.97 Å². The quantitative estimate of drug-likeness (QED) is 0.656. The number of benzene rings is 1. The van der Waals surface area contributed by atoms with Gasteiger partial charge in [0.25, 0.3) is 0 Å². The smallest absolute Gasteiger partial charge is 0.0441 e. The van der Waals surface area contributed by atoms with Gasteiger partial charge >= 0.3 is 0 Å². The van der Waals surface area contributed by atoms with Crippen LogP contribution in [-0.2, 0) is 12.8 Å². The first-order valence-corrected chi connectivity index (χ1v) is 7.23. The molecule has 98 valence electrons. The van der Waals surface area contributed by atoms with Crippen LogP contribution in [0.4, 0.5) is 0 Å². The minimum Gasteiger partial charge on any atom is -0.263 e. The van der Waals surface area contributed by atoms with E-state index in [1.165, 1.54) is 46.0 Å². The molecule has 0 spiro atoms. The number of hydrogen-bond acceptors (Lipinski definition) is 2. The van der Waals surface area contributed by atoms with Crippen molar-refractivity contribution in [1.82, 2.24) is 9.97 Å². The maximum Gasteiger partial charge on any atom is 0.0441 e. The third-order valence-corrected chi connectivity index (χ3v) is 4.19. The van der Waals surface area contributed by atoms with E-state index in [0.29, 0.717) is 0 Å². The summed E-state index contributed by atoms with van der Waals surface area (Å²) in [5, 5.41) is 2.48. The maximum atomic E-state index is 4.57. The highest BCUT2D eigenvalue weighted by molar-refractivity contribution is 5.96. The lowest BCUT2D eigenvalue weighted by Crippen LogP contribution is -2.06. The summed E-state index contributed by atoms with van der Waals surface area (Å²) in [6.45, 7) is 0. The lowest BCUT2D eigenvalue weighted by Gasteiger charge is -2.19. The molecule has 1 aliphatic rings. The molecule has 0 saturated carbocycles. The second-order valence-electron chi connectivity index (χ2n) is 5.40. The molecular weight excluding hydrogens is 244 g/mol. The number of fused-ring (bicyclic) bond motifs is 2. The van der Waals surface area contributed by atoms with Gasteiger partial charge in [0.15, 0.2) is 0 Å².